The number of halogens is 1. The maximum Gasteiger partial charge on any atom is 0.359 e. The first kappa shape index (κ1) is 27.1. The number of aliphatic hydroxyl groups excluding tert-OH is 3. The van der Waals surface area contributed by atoms with Crippen molar-refractivity contribution < 1.29 is 43.9 Å². The lowest BCUT2D eigenvalue weighted by Crippen LogP contribution is -2.45. The van der Waals surface area contributed by atoms with Crippen LogP contribution >= 0.6 is 19.2 Å². The van der Waals surface area contributed by atoms with Crippen molar-refractivity contribution in [2.75, 3.05) is 31.7 Å². The Hall–Kier alpha value is -1.45. The fourth-order valence-corrected chi connectivity index (χ4v) is 6.17. The summed E-state index contributed by atoms with van der Waals surface area (Å²) in [6, 6.07) is 0.251. The molecular formula is C21H31ClN5O9P. The summed E-state index contributed by atoms with van der Waals surface area (Å²) in [6.45, 7) is -0.859. The fourth-order valence-electron chi connectivity index (χ4n) is 5.08. The van der Waals surface area contributed by atoms with Crippen LogP contribution in [-0.4, -0.2) is 101 Å². The van der Waals surface area contributed by atoms with Gasteiger partial charge in [-0.05, 0) is 30.9 Å². The van der Waals surface area contributed by atoms with Crippen molar-refractivity contribution in [1.29, 1.82) is 0 Å². The molecule has 0 radical (unpaired) electrons. The third-order valence-corrected chi connectivity index (χ3v) is 8.99. The van der Waals surface area contributed by atoms with Gasteiger partial charge in [-0.2, -0.15) is 15.1 Å². The highest BCUT2D eigenvalue weighted by Crippen LogP contribution is 2.55. The van der Waals surface area contributed by atoms with E-state index in [0.717, 1.165) is 25.7 Å². The van der Waals surface area contributed by atoms with Crippen LogP contribution in [0.2, 0.25) is 5.28 Å². The Morgan fingerprint density at radius 2 is 1.95 bits per heavy atom. The Balaban J connectivity index is 1.35. The summed E-state index contributed by atoms with van der Waals surface area (Å²) in [5.74, 6) is 0.315. The minimum Gasteiger partial charge on any atom is -0.393 e. The van der Waals surface area contributed by atoms with Crippen LogP contribution in [0.25, 0.3) is 11.0 Å². The molecule has 2 saturated heterocycles. The summed E-state index contributed by atoms with van der Waals surface area (Å²) in [7, 11) is -4.94. The molecule has 1 aliphatic carbocycles. The van der Waals surface area contributed by atoms with Crippen LogP contribution in [0.3, 0.4) is 0 Å². The van der Waals surface area contributed by atoms with E-state index in [4.69, 9.17) is 25.8 Å². The molecule has 1 saturated carbocycles. The van der Waals surface area contributed by atoms with E-state index in [9.17, 15) is 29.7 Å². The summed E-state index contributed by atoms with van der Waals surface area (Å²) in [5.41, 5.74) is 0.281. The van der Waals surface area contributed by atoms with Crippen LogP contribution < -0.4 is 5.32 Å². The highest BCUT2D eigenvalue weighted by molar-refractivity contribution is 7.53. The van der Waals surface area contributed by atoms with Gasteiger partial charge in [-0.3, -0.25) is 4.57 Å². The van der Waals surface area contributed by atoms with Crippen molar-refractivity contribution in [3.8, 4) is 0 Å². The minimum atomic E-state index is -4.94. The number of hydrogen-bond donors (Lipinski definition) is 6. The van der Waals surface area contributed by atoms with Gasteiger partial charge in [-0.1, -0.05) is 12.8 Å². The van der Waals surface area contributed by atoms with Crippen LogP contribution in [-0.2, 0) is 18.8 Å². The Bertz CT molecular complexity index is 1160. The first-order valence-electron chi connectivity index (χ1n) is 12.2. The molecule has 5 atom stereocenters. The molecule has 206 valence electrons. The SMILES string of the molecule is O=P(O)(O)[C@@](CO)(CC1COC1)OC[C@H]1O[C@@H](n2ncc3c(NC4CCCC4)nc(Cl)nc32)[C@H](O)[C@@H]1O. The monoisotopic (exact) mass is 563 g/mol. The zero-order valence-corrected chi connectivity index (χ0v) is 21.5. The fraction of sp³-hybridized carbons (Fsp3) is 0.762. The number of ether oxygens (including phenoxy) is 3. The molecule has 2 aromatic rings. The zero-order chi connectivity index (χ0) is 26.4. The van der Waals surface area contributed by atoms with Gasteiger partial charge >= 0.3 is 7.60 Å². The molecule has 0 spiro atoms. The summed E-state index contributed by atoms with van der Waals surface area (Å²) >= 11 is 6.17. The van der Waals surface area contributed by atoms with Gasteiger partial charge in [0.05, 0.1) is 38.0 Å². The number of fused-ring (bicyclic) bond motifs is 1. The average Bonchev–Trinajstić information content (AvgIpc) is 3.53. The molecular weight excluding hydrogens is 533 g/mol. The lowest BCUT2D eigenvalue weighted by atomic mass is 9.99. The van der Waals surface area contributed by atoms with Crippen molar-refractivity contribution in [2.24, 2.45) is 5.92 Å². The van der Waals surface area contributed by atoms with Gasteiger partial charge in [0.1, 0.15) is 24.1 Å². The van der Waals surface area contributed by atoms with Gasteiger partial charge in [0.15, 0.2) is 17.2 Å². The largest absolute Gasteiger partial charge is 0.393 e. The van der Waals surface area contributed by atoms with Crippen LogP contribution in [0.15, 0.2) is 6.20 Å². The lowest BCUT2D eigenvalue weighted by Gasteiger charge is -2.38. The first-order chi connectivity index (χ1) is 17.6. The number of rotatable bonds is 10. The Labute approximate surface area is 217 Å². The van der Waals surface area contributed by atoms with E-state index in [2.05, 4.69) is 20.4 Å². The Morgan fingerprint density at radius 1 is 1.22 bits per heavy atom. The van der Waals surface area contributed by atoms with E-state index in [1.54, 1.807) is 0 Å². The second-order valence-corrected chi connectivity index (χ2v) is 12.1. The molecule has 2 aromatic heterocycles. The second kappa shape index (κ2) is 10.6. The molecule has 2 aliphatic heterocycles. The number of aromatic nitrogens is 4. The standard InChI is InChI=1S/C21H31ClN5O9P/c22-20-25-17(24-12-3-1-2-4-12)13-6-23-27(18(13)26-20)19-16(30)15(29)14(36-19)9-35-21(10-28,37(31,32)33)5-11-7-34-8-11/h6,11-12,14-16,19,28-30H,1-5,7-10H2,(H,24,25,26)(H2,31,32,33)/t14-,15-,16-,19-,21-/m1/s1. The van der Waals surface area contributed by atoms with Crippen molar-refractivity contribution >= 4 is 36.0 Å². The Morgan fingerprint density at radius 3 is 2.57 bits per heavy atom. The Kier molecular flexibility index (Phi) is 7.78. The summed E-state index contributed by atoms with van der Waals surface area (Å²) < 4.78 is 30.0. The van der Waals surface area contributed by atoms with E-state index in [-0.39, 0.29) is 29.3 Å². The molecule has 16 heteroatoms. The average molecular weight is 564 g/mol. The molecule has 37 heavy (non-hydrogen) atoms. The second-order valence-electron chi connectivity index (χ2n) is 9.91. The van der Waals surface area contributed by atoms with Crippen LogP contribution in [0.5, 0.6) is 0 Å². The van der Waals surface area contributed by atoms with Gasteiger partial charge in [0.2, 0.25) is 5.28 Å². The molecule has 3 aliphatic rings. The molecule has 0 bridgehead atoms. The smallest absolute Gasteiger partial charge is 0.359 e. The van der Waals surface area contributed by atoms with Gasteiger partial charge in [0, 0.05) is 12.0 Å². The summed E-state index contributed by atoms with van der Waals surface area (Å²) in [5, 5.41) is 37.3. The number of aliphatic hydroxyl groups is 3. The number of nitrogens with one attached hydrogen (secondary N) is 1. The minimum absolute atomic E-state index is 0.0305. The molecule has 14 nitrogen and oxygen atoms in total. The number of hydrogen-bond acceptors (Lipinski definition) is 11. The molecule has 5 rings (SSSR count). The molecule has 6 N–H and O–H groups in total. The number of anilines is 1. The topological polar surface area (TPSA) is 202 Å². The maximum absolute atomic E-state index is 12.3. The maximum atomic E-state index is 12.3. The molecule has 0 aromatic carbocycles. The predicted molar refractivity (Wildman–Crippen MR) is 129 cm³/mol. The third kappa shape index (κ3) is 5.24. The van der Waals surface area contributed by atoms with Crippen LogP contribution in [0.1, 0.15) is 38.3 Å². The molecule has 4 heterocycles. The summed E-state index contributed by atoms with van der Waals surface area (Å²) in [6.07, 6.45) is 0.327. The highest BCUT2D eigenvalue weighted by atomic mass is 35.5. The van der Waals surface area contributed by atoms with E-state index in [1.807, 2.05) is 0 Å². The van der Waals surface area contributed by atoms with E-state index in [1.165, 1.54) is 10.9 Å². The quantitative estimate of drug-likeness (QED) is 0.171. The molecule has 0 amide bonds. The van der Waals surface area contributed by atoms with Crippen molar-refractivity contribution in [1.82, 2.24) is 19.7 Å². The van der Waals surface area contributed by atoms with Gasteiger partial charge in [-0.15, -0.1) is 0 Å². The predicted octanol–water partition coefficient (Wildman–Crippen LogP) is 0.373. The summed E-state index contributed by atoms with van der Waals surface area (Å²) in [4.78, 5) is 28.4. The van der Waals surface area contributed by atoms with Crippen molar-refractivity contribution in [3.63, 3.8) is 0 Å². The van der Waals surface area contributed by atoms with Crippen LogP contribution in [0, 0.1) is 5.92 Å². The van der Waals surface area contributed by atoms with Gasteiger partial charge in [0.25, 0.3) is 0 Å². The van der Waals surface area contributed by atoms with Crippen molar-refractivity contribution in [2.45, 2.75) is 68.0 Å². The zero-order valence-electron chi connectivity index (χ0n) is 19.9. The number of nitrogens with zero attached hydrogens (tertiary/aromatic N) is 4. The van der Waals surface area contributed by atoms with Crippen LogP contribution in [0.4, 0.5) is 5.82 Å². The van der Waals surface area contributed by atoms with Gasteiger partial charge < -0.3 is 44.6 Å². The van der Waals surface area contributed by atoms with Gasteiger partial charge in [-0.25, -0.2) is 4.68 Å². The van der Waals surface area contributed by atoms with E-state index in [0.29, 0.717) is 24.4 Å². The molecule has 3 fully saturated rings. The lowest BCUT2D eigenvalue weighted by molar-refractivity contribution is -0.132. The highest BCUT2D eigenvalue weighted by Gasteiger charge is 2.52. The third-order valence-electron chi connectivity index (χ3n) is 7.31. The van der Waals surface area contributed by atoms with E-state index < -0.39 is 50.7 Å². The van der Waals surface area contributed by atoms with Crippen molar-refractivity contribution in [3.05, 3.63) is 11.5 Å². The normalized spacial score (nSPS) is 29.0. The van der Waals surface area contributed by atoms with E-state index >= 15 is 0 Å². The first-order valence-corrected chi connectivity index (χ1v) is 14.2. The molecule has 0 unspecified atom stereocenters.